The van der Waals surface area contributed by atoms with Gasteiger partial charge in [-0.3, -0.25) is 0 Å². The zero-order chi connectivity index (χ0) is 13.9. The van der Waals surface area contributed by atoms with Crippen molar-refractivity contribution in [1.29, 1.82) is 0 Å². The fourth-order valence-electron chi connectivity index (χ4n) is 1.63. The standard InChI is InChI=1S/C9H14N2.C6H8N2/c1-3-5-10-7-8-11(9-10)6-4-2;1-2-3-6-7-4-5-8-6/h3-4,7-8H,1-2,5-6,9H2;2,4-5H,1,3H2,(H,7,8). The van der Waals surface area contributed by atoms with Gasteiger partial charge in [0.1, 0.15) is 5.82 Å². The Morgan fingerprint density at radius 1 is 1.11 bits per heavy atom. The first-order valence-corrected chi connectivity index (χ1v) is 6.27. The summed E-state index contributed by atoms with van der Waals surface area (Å²) < 4.78 is 0. The number of allylic oxidation sites excluding steroid dienone is 1. The summed E-state index contributed by atoms with van der Waals surface area (Å²) in [6.07, 6.45) is 14.1. The smallest absolute Gasteiger partial charge is 0.109 e. The van der Waals surface area contributed by atoms with E-state index < -0.39 is 0 Å². The zero-order valence-electron chi connectivity index (χ0n) is 11.3. The second kappa shape index (κ2) is 8.80. The van der Waals surface area contributed by atoms with Crippen LogP contribution in [-0.4, -0.2) is 39.5 Å². The lowest BCUT2D eigenvalue weighted by Gasteiger charge is -2.18. The van der Waals surface area contributed by atoms with Gasteiger partial charge < -0.3 is 14.8 Å². The molecule has 2 heterocycles. The SMILES string of the molecule is C=CCN1C=CN(CC=C)C1.C=CCc1ncc[nH]1. The lowest BCUT2D eigenvalue weighted by Crippen LogP contribution is -2.25. The predicted molar refractivity (Wildman–Crippen MR) is 80.3 cm³/mol. The predicted octanol–water partition coefficient (Wildman–Crippen LogP) is 2.54. The Balaban J connectivity index is 0.000000200. The van der Waals surface area contributed by atoms with E-state index >= 15 is 0 Å². The van der Waals surface area contributed by atoms with E-state index in [4.69, 9.17) is 0 Å². The summed E-state index contributed by atoms with van der Waals surface area (Å²) in [5.41, 5.74) is 0. The van der Waals surface area contributed by atoms with Crippen LogP contribution in [0.4, 0.5) is 0 Å². The highest BCUT2D eigenvalue weighted by atomic mass is 15.3. The minimum atomic E-state index is 0.826. The van der Waals surface area contributed by atoms with E-state index in [1.807, 2.05) is 18.2 Å². The molecule has 1 N–H and O–H groups in total. The van der Waals surface area contributed by atoms with Gasteiger partial charge in [0, 0.05) is 44.3 Å². The number of rotatable bonds is 6. The summed E-state index contributed by atoms with van der Waals surface area (Å²) in [4.78, 5) is 11.3. The summed E-state index contributed by atoms with van der Waals surface area (Å²) in [5, 5.41) is 0. The largest absolute Gasteiger partial charge is 0.355 e. The van der Waals surface area contributed by atoms with E-state index in [1.165, 1.54) is 0 Å². The highest BCUT2D eigenvalue weighted by molar-refractivity contribution is 4.95. The number of imidazole rings is 1. The van der Waals surface area contributed by atoms with Crippen molar-refractivity contribution in [3.8, 4) is 0 Å². The molecular formula is C15H22N4. The molecule has 0 aromatic carbocycles. The Morgan fingerprint density at radius 2 is 1.74 bits per heavy atom. The van der Waals surface area contributed by atoms with Gasteiger partial charge in [0.25, 0.3) is 0 Å². The van der Waals surface area contributed by atoms with Gasteiger partial charge in [-0.2, -0.15) is 0 Å². The molecule has 4 heteroatoms. The molecular weight excluding hydrogens is 236 g/mol. The molecule has 0 spiro atoms. The van der Waals surface area contributed by atoms with Crippen molar-refractivity contribution in [2.24, 2.45) is 0 Å². The topological polar surface area (TPSA) is 35.2 Å². The van der Waals surface area contributed by atoms with Crippen molar-refractivity contribution in [2.45, 2.75) is 6.42 Å². The third kappa shape index (κ3) is 5.77. The summed E-state index contributed by atoms with van der Waals surface area (Å²) in [7, 11) is 0. The van der Waals surface area contributed by atoms with Gasteiger partial charge in [0.05, 0.1) is 6.67 Å². The highest BCUT2D eigenvalue weighted by Gasteiger charge is 2.07. The Hall–Kier alpha value is -2.23. The van der Waals surface area contributed by atoms with Crippen LogP contribution in [0.1, 0.15) is 5.82 Å². The first kappa shape index (κ1) is 14.8. The van der Waals surface area contributed by atoms with Crippen molar-refractivity contribution in [2.75, 3.05) is 19.8 Å². The van der Waals surface area contributed by atoms with Crippen LogP contribution in [0.15, 0.2) is 62.8 Å². The van der Waals surface area contributed by atoms with Crippen LogP contribution in [0.2, 0.25) is 0 Å². The molecule has 1 aromatic rings. The molecule has 0 saturated carbocycles. The van der Waals surface area contributed by atoms with E-state index in [9.17, 15) is 0 Å². The van der Waals surface area contributed by atoms with Gasteiger partial charge in [-0.1, -0.05) is 18.2 Å². The molecule has 0 bridgehead atoms. The summed E-state index contributed by atoms with van der Waals surface area (Å²) >= 11 is 0. The molecule has 102 valence electrons. The van der Waals surface area contributed by atoms with Gasteiger partial charge in [-0.05, 0) is 0 Å². The van der Waals surface area contributed by atoms with Crippen LogP contribution in [0.3, 0.4) is 0 Å². The van der Waals surface area contributed by atoms with E-state index in [0.29, 0.717) is 0 Å². The van der Waals surface area contributed by atoms with Crippen LogP contribution in [-0.2, 0) is 6.42 Å². The fourth-order valence-corrected chi connectivity index (χ4v) is 1.63. The summed E-state index contributed by atoms with van der Waals surface area (Å²) in [5.74, 6) is 0.972. The molecule has 0 aliphatic carbocycles. The van der Waals surface area contributed by atoms with Gasteiger partial charge in [0.15, 0.2) is 0 Å². The summed E-state index contributed by atoms with van der Waals surface area (Å²) in [6.45, 7) is 13.7. The quantitative estimate of drug-likeness (QED) is 0.796. The molecule has 4 nitrogen and oxygen atoms in total. The van der Waals surface area contributed by atoms with E-state index in [2.05, 4.69) is 51.9 Å². The third-order valence-electron chi connectivity index (χ3n) is 2.47. The first-order valence-electron chi connectivity index (χ1n) is 6.27. The molecule has 2 rings (SSSR count). The maximum absolute atomic E-state index is 3.98. The highest BCUT2D eigenvalue weighted by Crippen LogP contribution is 2.04. The maximum Gasteiger partial charge on any atom is 0.109 e. The van der Waals surface area contributed by atoms with Gasteiger partial charge in [-0.25, -0.2) is 4.98 Å². The molecule has 0 fully saturated rings. The van der Waals surface area contributed by atoms with Crippen molar-refractivity contribution in [3.05, 3.63) is 68.6 Å². The van der Waals surface area contributed by atoms with Crippen molar-refractivity contribution < 1.29 is 0 Å². The number of aromatic amines is 1. The Kier molecular flexibility index (Phi) is 6.87. The lowest BCUT2D eigenvalue weighted by atomic mass is 10.4. The first-order chi connectivity index (χ1) is 9.30. The molecule has 0 saturated heterocycles. The Morgan fingerprint density at radius 3 is 2.16 bits per heavy atom. The zero-order valence-corrected chi connectivity index (χ0v) is 11.3. The van der Waals surface area contributed by atoms with Crippen LogP contribution in [0, 0.1) is 0 Å². The fraction of sp³-hybridized carbons (Fsp3) is 0.267. The Bertz CT molecular complexity index is 388. The molecule has 0 radical (unpaired) electrons. The van der Waals surface area contributed by atoms with Crippen LogP contribution in [0.5, 0.6) is 0 Å². The van der Waals surface area contributed by atoms with Gasteiger partial charge in [-0.15, -0.1) is 19.7 Å². The van der Waals surface area contributed by atoms with Crippen LogP contribution in [0.25, 0.3) is 0 Å². The molecule has 19 heavy (non-hydrogen) atoms. The van der Waals surface area contributed by atoms with E-state index in [0.717, 1.165) is 32.0 Å². The molecule has 1 aromatic heterocycles. The number of nitrogens with zero attached hydrogens (tertiary/aromatic N) is 3. The monoisotopic (exact) mass is 258 g/mol. The van der Waals surface area contributed by atoms with E-state index in [1.54, 1.807) is 12.4 Å². The second-order valence-electron chi connectivity index (χ2n) is 4.09. The summed E-state index contributed by atoms with van der Waals surface area (Å²) in [6, 6.07) is 0. The van der Waals surface area contributed by atoms with Gasteiger partial charge >= 0.3 is 0 Å². The van der Waals surface area contributed by atoms with Crippen LogP contribution < -0.4 is 0 Å². The maximum atomic E-state index is 3.98. The van der Waals surface area contributed by atoms with Crippen molar-refractivity contribution >= 4 is 0 Å². The molecule has 0 atom stereocenters. The third-order valence-corrected chi connectivity index (χ3v) is 2.47. The minimum Gasteiger partial charge on any atom is -0.355 e. The van der Waals surface area contributed by atoms with Crippen molar-refractivity contribution in [1.82, 2.24) is 19.8 Å². The lowest BCUT2D eigenvalue weighted by molar-refractivity contribution is 0.300. The molecule has 1 aliphatic rings. The number of H-pyrrole nitrogens is 1. The van der Waals surface area contributed by atoms with Crippen LogP contribution >= 0.6 is 0 Å². The number of hydrogen-bond donors (Lipinski definition) is 1. The average molecular weight is 258 g/mol. The number of aromatic nitrogens is 2. The number of hydrogen-bond acceptors (Lipinski definition) is 3. The van der Waals surface area contributed by atoms with E-state index in [-0.39, 0.29) is 0 Å². The molecule has 0 unspecified atom stereocenters. The normalized spacial score (nSPS) is 12.8. The second-order valence-corrected chi connectivity index (χ2v) is 4.09. The molecule has 1 aliphatic heterocycles. The van der Waals surface area contributed by atoms with Crippen molar-refractivity contribution in [3.63, 3.8) is 0 Å². The number of nitrogens with one attached hydrogen (secondary N) is 1. The Labute approximate surface area is 115 Å². The average Bonchev–Trinajstić information content (AvgIpc) is 3.04. The van der Waals surface area contributed by atoms with Gasteiger partial charge in [0.2, 0.25) is 0 Å². The minimum absolute atomic E-state index is 0.826. The molecule has 0 amide bonds.